The van der Waals surface area contributed by atoms with Crippen LogP contribution in [0.25, 0.3) is 0 Å². The molecule has 0 aliphatic carbocycles. The summed E-state index contributed by atoms with van der Waals surface area (Å²) in [6.07, 6.45) is 0. The van der Waals surface area contributed by atoms with Crippen LogP contribution in [0.1, 0.15) is 18.5 Å². The van der Waals surface area contributed by atoms with E-state index in [9.17, 15) is 17.6 Å². The normalized spacial score (nSPS) is 12.3. The standard InChI is InChI=1S/C14H11F4N/c1-8(11-4-2-9(15)6-12(11)17)19-14-5-3-10(16)7-13(14)18/h2-8,19H,1H3. The SMILES string of the molecule is CC(Nc1ccc(F)cc1F)c1ccc(F)cc1F. The van der Waals surface area contributed by atoms with Crippen molar-refractivity contribution in [1.29, 1.82) is 0 Å². The van der Waals surface area contributed by atoms with Crippen LogP contribution >= 0.6 is 0 Å². The molecule has 19 heavy (non-hydrogen) atoms. The van der Waals surface area contributed by atoms with Gasteiger partial charge in [0.05, 0.1) is 11.7 Å². The molecule has 0 amide bonds. The van der Waals surface area contributed by atoms with Crippen LogP contribution < -0.4 is 5.32 Å². The van der Waals surface area contributed by atoms with Gasteiger partial charge in [-0.3, -0.25) is 0 Å². The van der Waals surface area contributed by atoms with Crippen molar-refractivity contribution in [2.24, 2.45) is 0 Å². The van der Waals surface area contributed by atoms with Gasteiger partial charge in [-0.1, -0.05) is 6.07 Å². The highest BCUT2D eigenvalue weighted by Gasteiger charge is 2.13. The summed E-state index contributed by atoms with van der Waals surface area (Å²) in [6, 6.07) is 5.63. The molecule has 2 rings (SSSR count). The number of halogens is 4. The van der Waals surface area contributed by atoms with E-state index < -0.39 is 29.3 Å². The maximum absolute atomic E-state index is 13.5. The molecule has 5 heteroatoms. The van der Waals surface area contributed by atoms with Gasteiger partial charge in [0.15, 0.2) is 0 Å². The van der Waals surface area contributed by atoms with Crippen molar-refractivity contribution in [3.05, 3.63) is 65.2 Å². The van der Waals surface area contributed by atoms with Crippen molar-refractivity contribution in [2.45, 2.75) is 13.0 Å². The third kappa shape index (κ3) is 3.05. The molecule has 0 aliphatic heterocycles. The molecule has 1 N–H and O–H groups in total. The van der Waals surface area contributed by atoms with E-state index in [1.54, 1.807) is 6.92 Å². The molecule has 0 saturated carbocycles. The van der Waals surface area contributed by atoms with Crippen molar-refractivity contribution in [1.82, 2.24) is 0 Å². The lowest BCUT2D eigenvalue weighted by molar-refractivity contribution is 0.563. The molecule has 0 heterocycles. The van der Waals surface area contributed by atoms with Crippen LogP contribution in [0.15, 0.2) is 36.4 Å². The van der Waals surface area contributed by atoms with Gasteiger partial charge >= 0.3 is 0 Å². The molecule has 0 aromatic heterocycles. The van der Waals surface area contributed by atoms with Crippen LogP contribution in [0.4, 0.5) is 23.2 Å². The van der Waals surface area contributed by atoms with Crippen LogP contribution in [0, 0.1) is 23.3 Å². The molecule has 2 aromatic rings. The Hall–Kier alpha value is -2.04. The summed E-state index contributed by atoms with van der Waals surface area (Å²) in [7, 11) is 0. The van der Waals surface area contributed by atoms with Crippen LogP contribution in [0.5, 0.6) is 0 Å². The molecule has 0 spiro atoms. The van der Waals surface area contributed by atoms with Crippen molar-refractivity contribution in [3.63, 3.8) is 0 Å². The molecule has 1 atom stereocenters. The minimum atomic E-state index is -0.769. The van der Waals surface area contributed by atoms with Gasteiger partial charge in [-0.05, 0) is 25.1 Å². The second-order valence-corrected chi connectivity index (χ2v) is 4.16. The van der Waals surface area contributed by atoms with Gasteiger partial charge in [0.1, 0.15) is 23.3 Å². The van der Waals surface area contributed by atoms with Gasteiger partial charge in [-0.25, -0.2) is 17.6 Å². The van der Waals surface area contributed by atoms with E-state index in [0.29, 0.717) is 0 Å². The van der Waals surface area contributed by atoms with E-state index in [-0.39, 0.29) is 11.3 Å². The molecule has 0 saturated heterocycles. The zero-order valence-corrected chi connectivity index (χ0v) is 10.1. The summed E-state index contributed by atoms with van der Waals surface area (Å²) in [5.41, 5.74) is 0.253. The van der Waals surface area contributed by atoms with Crippen molar-refractivity contribution < 1.29 is 17.6 Å². The first-order chi connectivity index (χ1) is 8.97. The second-order valence-electron chi connectivity index (χ2n) is 4.16. The molecule has 100 valence electrons. The number of benzene rings is 2. The number of rotatable bonds is 3. The first kappa shape index (κ1) is 13.4. The number of hydrogen-bond acceptors (Lipinski definition) is 1. The highest BCUT2D eigenvalue weighted by Crippen LogP contribution is 2.24. The Morgan fingerprint density at radius 1 is 0.842 bits per heavy atom. The molecular formula is C14H11F4N. The summed E-state index contributed by atoms with van der Waals surface area (Å²) >= 11 is 0. The first-order valence-electron chi connectivity index (χ1n) is 5.64. The Bertz CT molecular complexity index is 598. The van der Waals surface area contributed by atoms with Gasteiger partial charge in [-0.2, -0.15) is 0 Å². The smallest absolute Gasteiger partial charge is 0.149 e. The molecule has 0 aliphatic rings. The summed E-state index contributed by atoms with van der Waals surface area (Å²) in [5.74, 6) is -2.86. The topological polar surface area (TPSA) is 12.0 Å². The van der Waals surface area contributed by atoms with Crippen molar-refractivity contribution in [2.75, 3.05) is 5.32 Å². The van der Waals surface area contributed by atoms with Gasteiger partial charge < -0.3 is 5.32 Å². The van der Waals surface area contributed by atoms with Gasteiger partial charge in [0, 0.05) is 17.7 Å². The fourth-order valence-corrected chi connectivity index (χ4v) is 1.77. The van der Waals surface area contributed by atoms with E-state index in [0.717, 1.165) is 24.3 Å². The molecule has 2 aromatic carbocycles. The van der Waals surface area contributed by atoms with Gasteiger partial charge in [0.2, 0.25) is 0 Å². The number of hydrogen-bond donors (Lipinski definition) is 1. The molecular weight excluding hydrogens is 258 g/mol. The van der Waals surface area contributed by atoms with Gasteiger partial charge in [0.25, 0.3) is 0 Å². The predicted octanol–water partition coefficient (Wildman–Crippen LogP) is 4.42. The van der Waals surface area contributed by atoms with E-state index in [4.69, 9.17) is 0 Å². The maximum Gasteiger partial charge on any atom is 0.149 e. The summed E-state index contributed by atoms with van der Waals surface area (Å²) < 4.78 is 52.5. The maximum atomic E-state index is 13.5. The Kier molecular flexibility index (Phi) is 3.74. The molecule has 0 fully saturated rings. The van der Waals surface area contributed by atoms with E-state index in [1.165, 1.54) is 12.1 Å². The fraction of sp³-hybridized carbons (Fsp3) is 0.143. The minimum absolute atomic E-state index is 0.0534. The largest absolute Gasteiger partial charge is 0.376 e. The van der Waals surface area contributed by atoms with E-state index in [2.05, 4.69) is 5.32 Å². The monoisotopic (exact) mass is 269 g/mol. The second kappa shape index (κ2) is 5.30. The number of nitrogens with one attached hydrogen (secondary N) is 1. The summed E-state index contributed by atoms with van der Waals surface area (Å²) in [5, 5.41) is 2.71. The van der Waals surface area contributed by atoms with Crippen molar-refractivity contribution >= 4 is 5.69 Å². The zero-order valence-electron chi connectivity index (χ0n) is 10.1. The Morgan fingerprint density at radius 3 is 2.00 bits per heavy atom. The van der Waals surface area contributed by atoms with Crippen LogP contribution in [-0.4, -0.2) is 0 Å². The minimum Gasteiger partial charge on any atom is -0.376 e. The van der Waals surface area contributed by atoms with E-state index >= 15 is 0 Å². The van der Waals surface area contributed by atoms with Crippen LogP contribution in [0.2, 0.25) is 0 Å². The predicted molar refractivity (Wildman–Crippen MR) is 64.8 cm³/mol. The fourth-order valence-electron chi connectivity index (χ4n) is 1.77. The lowest BCUT2D eigenvalue weighted by Gasteiger charge is -2.17. The third-order valence-corrected chi connectivity index (χ3v) is 2.73. The molecule has 0 bridgehead atoms. The quantitative estimate of drug-likeness (QED) is 0.813. The lowest BCUT2D eigenvalue weighted by atomic mass is 10.1. The summed E-state index contributed by atoms with van der Waals surface area (Å²) in [6.45, 7) is 1.60. The van der Waals surface area contributed by atoms with Crippen LogP contribution in [-0.2, 0) is 0 Å². The Morgan fingerprint density at radius 2 is 1.42 bits per heavy atom. The lowest BCUT2D eigenvalue weighted by Crippen LogP contribution is -2.10. The Balaban J connectivity index is 2.23. The van der Waals surface area contributed by atoms with Crippen molar-refractivity contribution in [3.8, 4) is 0 Å². The molecule has 1 unspecified atom stereocenters. The highest BCUT2D eigenvalue weighted by molar-refractivity contribution is 5.47. The summed E-state index contributed by atoms with van der Waals surface area (Å²) in [4.78, 5) is 0. The van der Waals surface area contributed by atoms with Gasteiger partial charge in [-0.15, -0.1) is 0 Å². The molecule has 1 nitrogen and oxygen atoms in total. The average Bonchev–Trinajstić information content (AvgIpc) is 2.32. The highest BCUT2D eigenvalue weighted by atomic mass is 19.1. The Labute approximate surface area is 107 Å². The first-order valence-corrected chi connectivity index (χ1v) is 5.64. The van der Waals surface area contributed by atoms with Crippen LogP contribution in [0.3, 0.4) is 0 Å². The third-order valence-electron chi connectivity index (χ3n) is 2.73. The average molecular weight is 269 g/mol. The number of anilines is 1. The molecule has 0 radical (unpaired) electrons. The van der Waals surface area contributed by atoms with E-state index in [1.807, 2.05) is 0 Å². The zero-order chi connectivity index (χ0) is 14.0.